The van der Waals surface area contributed by atoms with E-state index in [2.05, 4.69) is 10.2 Å². The van der Waals surface area contributed by atoms with Crippen molar-refractivity contribution in [2.45, 2.75) is 0 Å². The second-order valence-corrected chi connectivity index (χ2v) is 10.0. The summed E-state index contributed by atoms with van der Waals surface area (Å²) in [6, 6.07) is 23.5. The van der Waals surface area contributed by atoms with Crippen molar-refractivity contribution >= 4 is 46.4 Å². The number of halogens is 2. The lowest BCUT2D eigenvalue weighted by atomic mass is 10.1. The molecule has 4 aromatic carbocycles. The maximum Gasteiger partial charge on any atom is 0.255 e. The lowest BCUT2D eigenvalue weighted by Crippen LogP contribution is -2.48. The molecule has 0 atom stereocenters. The van der Waals surface area contributed by atoms with E-state index in [0.717, 1.165) is 5.69 Å². The molecule has 204 valence electrons. The highest BCUT2D eigenvalue weighted by Crippen LogP contribution is 2.28. The molecular weight excluding hydrogens is 553 g/mol. The Morgan fingerprint density at radius 2 is 1.32 bits per heavy atom. The Labute approximate surface area is 240 Å². The number of phenols is 2. The molecule has 1 heterocycles. The topological polar surface area (TPSA) is 102 Å². The van der Waals surface area contributed by atoms with Crippen LogP contribution in [0, 0.1) is 0 Å². The van der Waals surface area contributed by atoms with Crippen molar-refractivity contribution in [2.24, 2.45) is 0 Å². The molecule has 5 rings (SSSR count). The summed E-state index contributed by atoms with van der Waals surface area (Å²) in [5.41, 5.74) is 2.37. The third-order valence-electron chi connectivity index (χ3n) is 6.52. The van der Waals surface area contributed by atoms with E-state index >= 15 is 0 Å². The molecule has 3 N–H and O–H groups in total. The quantitative estimate of drug-likeness (QED) is 0.229. The van der Waals surface area contributed by atoms with Crippen LogP contribution in [0.4, 0.5) is 11.4 Å². The van der Waals surface area contributed by atoms with Crippen molar-refractivity contribution in [3.63, 3.8) is 0 Å². The summed E-state index contributed by atoms with van der Waals surface area (Å²) in [6.45, 7) is 2.39. The number of anilines is 2. The number of piperazine rings is 1. The average Bonchev–Trinajstić information content (AvgIpc) is 2.97. The lowest BCUT2D eigenvalue weighted by molar-refractivity contribution is 0.0746. The van der Waals surface area contributed by atoms with E-state index in [4.69, 9.17) is 27.9 Å². The van der Waals surface area contributed by atoms with Crippen LogP contribution in [0.15, 0.2) is 84.9 Å². The molecule has 40 heavy (non-hydrogen) atoms. The highest BCUT2D eigenvalue weighted by Gasteiger charge is 2.23. The van der Waals surface area contributed by atoms with Crippen LogP contribution in [0.25, 0.3) is 0 Å². The van der Waals surface area contributed by atoms with E-state index in [-0.39, 0.29) is 23.3 Å². The molecule has 0 saturated carbocycles. The van der Waals surface area contributed by atoms with Gasteiger partial charge in [0.2, 0.25) is 0 Å². The highest BCUT2D eigenvalue weighted by atomic mass is 35.5. The molecule has 0 spiro atoms. The zero-order valence-electron chi connectivity index (χ0n) is 21.2. The number of amides is 2. The van der Waals surface area contributed by atoms with Crippen LogP contribution in [-0.4, -0.2) is 53.1 Å². The molecule has 0 radical (unpaired) electrons. The van der Waals surface area contributed by atoms with Gasteiger partial charge in [-0.05, 0) is 84.9 Å². The van der Waals surface area contributed by atoms with Gasteiger partial charge >= 0.3 is 0 Å². The average molecular weight is 578 g/mol. The highest BCUT2D eigenvalue weighted by molar-refractivity contribution is 6.42. The van der Waals surface area contributed by atoms with E-state index in [1.165, 1.54) is 24.3 Å². The monoisotopic (exact) mass is 577 g/mol. The number of nitrogens with one attached hydrogen (secondary N) is 1. The first-order valence-electron chi connectivity index (χ1n) is 12.5. The molecule has 1 saturated heterocycles. The van der Waals surface area contributed by atoms with Gasteiger partial charge in [0.05, 0.1) is 10.0 Å². The second-order valence-electron chi connectivity index (χ2n) is 9.19. The molecule has 8 nitrogen and oxygen atoms in total. The van der Waals surface area contributed by atoms with Crippen LogP contribution in [0.1, 0.15) is 20.7 Å². The number of carbonyl (C=O) groups is 2. The van der Waals surface area contributed by atoms with Crippen molar-refractivity contribution in [2.75, 3.05) is 36.4 Å². The van der Waals surface area contributed by atoms with Crippen molar-refractivity contribution in [3.05, 3.63) is 106 Å². The first-order chi connectivity index (χ1) is 19.3. The fraction of sp³-hybridized carbons (Fsp3) is 0.133. The first-order valence-corrected chi connectivity index (χ1v) is 13.2. The molecule has 10 heteroatoms. The zero-order valence-corrected chi connectivity index (χ0v) is 22.7. The van der Waals surface area contributed by atoms with E-state index < -0.39 is 0 Å². The summed E-state index contributed by atoms with van der Waals surface area (Å²) < 4.78 is 5.96. The summed E-state index contributed by atoms with van der Waals surface area (Å²) in [4.78, 5) is 29.1. The van der Waals surface area contributed by atoms with E-state index in [1.54, 1.807) is 41.3 Å². The number of carbonyl (C=O) groups excluding carboxylic acids is 2. The van der Waals surface area contributed by atoms with Crippen molar-refractivity contribution < 1.29 is 24.5 Å². The van der Waals surface area contributed by atoms with Gasteiger partial charge in [0, 0.05) is 48.7 Å². The number of phenolic OH excluding ortho intramolecular Hbond substituents is 2. The second kappa shape index (κ2) is 11.8. The Morgan fingerprint density at radius 3 is 1.95 bits per heavy atom. The third-order valence-corrected chi connectivity index (χ3v) is 7.26. The minimum atomic E-state index is -0.311. The summed E-state index contributed by atoms with van der Waals surface area (Å²) in [5.74, 6) is 0.237. The molecule has 1 fully saturated rings. The van der Waals surface area contributed by atoms with E-state index in [0.29, 0.717) is 64.5 Å². The van der Waals surface area contributed by atoms with Crippen molar-refractivity contribution in [3.8, 4) is 23.0 Å². The minimum absolute atomic E-state index is 0.182. The summed E-state index contributed by atoms with van der Waals surface area (Å²) in [7, 11) is 0. The third kappa shape index (κ3) is 6.25. The number of ether oxygens (including phenoxy) is 1. The largest absolute Gasteiger partial charge is 0.504 e. The SMILES string of the molecule is O=C(Nc1ccc(Oc2ccc(N3CCN(C(=O)c4ccc(O)c(O)c4)CC3)cc2)cc1)c1ccc(Cl)c(Cl)c1. The number of hydrogen-bond acceptors (Lipinski definition) is 6. The minimum Gasteiger partial charge on any atom is -0.504 e. The predicted molar refractivity (Wildman–Crippen MR) is 155 cm³/mol. The fourth-order valence-electron chi connectivity index (χ4n) is 4.31. The molecule has 0 bridgehead atoms. The molecule has 2 amide bonds. The van der Waals surface area contributed by atoms with Crippen LogP contribution in [0.2, 0.25) is 10.0 Å². The molecule has 4 aromatic rings. The lowest BCUT2D eigenvalue weighted by Gasteiger charge is -2.36. The molecular formula is C30H25Cl2N3O5. The molecule has 0 unspecified atom stereocenters. The summed E-state index contributed by atoms with van der Waals surface area (Å²) in [6.07, 6.45) is 0. The maximum atomic E-state index is 12.8. The molecule has 0 aromatic heterocycles. The predicted octanol–water partition coefficient (Wildman–Crippen LogP) is 6.41. The Morgan fingerprint density at radius 1 is 0.700 bits per heavy atom. The van der Waals surface area contributed by atoms with Crippen molar-refractivity contribution in [1.82, 2.24) is 4.90 Å². The smallest absolute Gasteiger partial charge is 0.255 e. The van der Waals surface area contributed by atoms with Crippen LogP contribution in [-0.2, 0) is 0 Å². The number of nitrogens with zero attached hydrogens (tertiary/aromatic N) is 2. The summed E-state index contributed by atoms with van der Waals surface area (Å²) >= 11 is 11.9. The van der Waals surface area contributed by atoms with Gasteiger partial charge in [0.25, 0.3) is 11.8 Å². The van der Waals surface area contributed by atoms with E-state index in [9.17, 15) is 19.8 Å². The number of rotatable bonds is 6. The van der Waals surface area contributed by atoms with Gasteiger partial charge in [-0.2, -0.15) is 0 Å². The maximum absolute atomic E-state index is 12.8. The van der Waals surface area contributed by atoms with Gasteiger partial charge in [-0.15, -0.1) is 0 Å². The molecule has 1 aliphatic heterocycles. The normalized spacial score (nSPS) is 13.2. The van der Waals surface area contributed by atoms with Gasteiger partial charge in [-0.1, -0.05) is 23.2 Å². The van der Waals surface area contributed by atoms with Gasteiger partial charge in [-0.25, -0.2) is 0 Å². The number of aromatic hydroxyl groups is 2. The standard InChI is InChI=1S/C30H25Cl2N3O5/c31-25-11-1-19(17-26(25)32)29(38)33-21-3-7-23(8-4-21)40-24-9-5-22(6-10-24)34-13-15-35(16-14-34)30(39)20-2-12-27(36)28(37)18-20/h1-12,17-18,36-37H,13-16H2,(H,33,38). The number of benzene rings is 4. The van der Waals surface area contributed by atoms with Gasteiger partial charge < -0.3 is 30.1 Å². The van der Waals surface area contributed by atoms with Crippen molar-refractivity contribution in [1.29, 1.82) is 0 Å². The van der Waals surface area contributed by atoms with E-state index in [1.807, 2.05) is 24.3 Å². The molecule has 1 aliphatic rings. The molecule has 0 aliphatic carbocycles. The Hall–Kier alpha value is -4.40. The fourth-order valence-corrected chi connectivity index (χ4v) is 4.61. The van der Waals surface area contributed by atoms with Crippen LogP contribution < -0.4 is 15.0 Å². The Kier molecular flexibility index (Phi) is 8.00. The van der Waals surface area contributed by atoms with Gasteiger partial charge in [-0.3, -0.25) is 9.59 Å². The summed E-state index contributed by atoms with van der Waals surface area (Å²) in [5, 5.41) is 22.7. The van der Waals surface area contributed by atoms with Crippen LogP contribution in [0.3, 0.4) is 0 Å². The van der Waals surface area contributed by atoms with Gasteiger partial charge in [0.15, 0.2) is 11.5 Å². The Balaban J connectivity index is 1.13. The Bertz CT molecular complexity index is 1540. The number of hydrogen-bond donors (Lipinski definition) is 3. The first kappa shape index (κ1) is 27.2. The zero-order chi connectivity index (χ0) is 28.2. The van der Waals surface area contributed by atoms with Crippen LogP contribution >= 0.6 is 23.2 Å². The van der Waals surface area contributed by atoms with Gasteiger partial charge in [0.1, 0.15) is 11.5 Å². The van der Waals surface area contributed by atoms with Crippen LogP contribution in [0.5, 0.6) is 23.0 Å².